The summed E-state index contributed by atoms with van der Waals surface area (Å²) in [7, 11) is 0. The summed E-state index contributed by atoms with van der Waals surface area (Å²) >= 11 is 0. The van der Waals surface area contributed by atoms with Crippen LogP contribution in [0.2, 0.25) is 0 Å². The molecule has 2 aromatic carbocycles. The van der Waals surface area contributed by atoms with Gasteiger partial charge in [-0.15, -0.1) is 0 Å². The number of hydrogen-bond donors (Lipinski definition) is 2. The number of amides is 1. The minimum absolute atomic E-state index is 0.00628. The summed E-state index contributed by atoms with van der Waals surface area (Å²) in [6.07, 6.45) is -3.10. The molecule has 0 fully saturated rings. The van der Waals surface area contributed by atoms with Crippen LogP contribution >= 0.6 is 0 Å². The van der Waals surface area contributed by atoms with Crippen LogP contribution in [0.3, 0.4) is 0 Å². The Morgan fingerprint density at radius 2 is 1.60 bits per heavy atom. The first-order valence-corrected chi connectivity index (χ1v) is 9.74. The third-order valence-corrected chi connectivity index (χ3v) is 4.88. The summed E-state index contributed by atoms with van der Waals surface area (Å²) < 4.78 is 26.2. The van der Waals surface area contributed by atoms with Crippen LogP contribution in [0.15, 0.2) is 54.6 Å². The Morgan fingerprint density at radius 3 is 2.13 bits per heavy atom. The van der Waals surface area contributed by atoms with E-state index in [9.17, 15) is 23.5 Å². The largest absolute Gasteiger partial charge is 0.383 e. The number of carbonyl (C=O) groups excluding carboxylic acids is 2. The van der Waals surface area contributed by atoms with Gasteiger partial charge in [-0.25, -0.2) is 8.78 Å². The topological polar surface area (TPSA) is 66.4 Å². The van der Waals surface area contributed by atoms with Crippen LogP contribution in [-0.2, 0) is 4.79 Å². The monoisotopic (exact) mass is 413 g/mol. The lowest BCUT2D eigenvalue weighted by Crippen LogP contribution is -2.47. The molecule has 1 amide bonds. The fourth-order valence-corrected chi connectivity index (χ4v) is 2.98. The lowest BCUT2D eigenvalue weighted by Gasteiger charge is -2.31. The number of Topliss-reactive ketones (excluding diaryl/α,β-unsaturated/α-hetero) is 1. The summed E-state index contributed by atoms with van der Waals surface area (Å²) in [5.74, 6) is 3.94. The molecule has 0 aliphatic carbocycles. The molecule has 0 radical (unpaired) electrons. The van der Waals surface area contributed by atoms with Crippen molar-refractivity contribution >= 4 is 11.7 Å². The Hall–Kier alpha value is -3.04. The van der Waals surface area contributed by atoms with Crippen molar-refractivity contribution in [2.24, 2.45) is 5.92 Å². The number of ketones is 1. The van der Waals surface area contributed by atoms with E-state index >= 15 is 0 Å². The lowest BCUT2D eigenvalue weighted by molar-refractivity contribution is -0.150. The molecule has 158 valence electrons. The van der Waals surface area contributed by atoms with Crippen LogP contribution in [0.1, 0.15) is 48.2 Å². The Kier molecular flexibility index (Phi) is 8.25. The van der Waals surface area contributed by atoms with E-state index in [-0.39, 0.29) is 19.4 Å². The molecule has 6 heteroatoms. The van der Waals surface area contributed by atoms with Crippen molar-refractivity contribution in [2.45, 2.75) is 38.7 Å². The van der Waals surface area contributed by atoms with Crippen molar-refractivity contribution in [2.75, 3.05) is 6.54 Å². The van der Waals surface area contributed by atoms with Gasteiger partial charge < -0.3 is 10.4 Å². The van der Waals surface area contributed by atoms with Gasteiger partial charge in [0.1, 0.15) is 11.4 Å². The van der Waals surface area contributed by atoms with E-state index in [2.05, 4.69) is 17.2 Å². The highest BCUT2D eigenvalue weighted by Crippen LogP contribution is 2.29. The summed E-state index contributed by atoms with van der Waals surface area (Å²) in [4.78, 5) is 24.3. The maximum absolute atomic E-state index is 13.1. The van der Waals surface area contributed by atoms with Gasteiger partial charge in [0, 0.05) is 29.7 Å². The predicted molar refractivity (Wildman–Crippen MR) is 111 cm³/mol. The first kappa shape index (κ1) is 23.2. The minimum atomic E-state index is -3.06. The highest BCUT2D eigenvalue weighted by atomic mass is 19.3. The number of nitrogens with one attached hydrogen (secondary N) is 1. The Labute approximate surface area is 175 Å². The van der Waals surface area contributed by atoms with Gasteiger partial charge in [0.05, 0.1) is 5.92 Å². The summed E-state index contributed by atoms with van der Waals surface area (Å²) in [6, 6.07) is 16.2. The molecule has 0 aromatic heterocycles. The van der Waals surface area contributed by atoms with Crippen LogP contribution in [0.5, 0.6) is 0 Å². The number of carbonyl (C=O) groups is 2. The fraction of sp³-hybridized carbons (Fsp3) is 0.333. The van der Waals surface area contributed by atoms with Crippen molar-refractivity contribution < 1.29 is 23.5 Å². The average Bonchev–Trinajstić information content (AvgIpc) is 2.75. The number of benzene rings is 2. The zero-order valence-corrected chi connectivity index (χ0v) is 17.0. The number of aliphatic hydroxyl groups is 1. The second kappa shape index (κ2) is 10.7. The molecule has 0 aliphatic rings. The van der Waals surface area contributed by atoms with Crippen molar-refractivity contribution in [3.8, 4) is 11.8 Å². The molecule has 0 saturated heterocycles. The number of halogens is 2. The lowest BCUT2D eigenvalue weighted by atomic mass is 9.82. The first-order chi connectivity index (χ1) is 14.3. The summed E-state index contributed by atoms with van der Waals surface area (Å²) in [5.41, 5.74) is -0.414. The molecule has 2 aromatic rings. The fourth-order valence-electron chi connectivity index (χ4n) is 2.98. The van der Waals surface area contributed by atoms with E-state index in [0.29, 0.717) is 5.56 Å². The SMILES string of the molecule is CCC(=O)C(CCNC(=O)c1ccc(C#Cc2ccccc2)cc1)C(C)(O)C(F)F. The predicted octanol–water partition coefficient (Wildman–Crippen LogP) is 3.82. The summed E-state index contributed by atoms with van der Waals surface area (Å²) in [5, 5.41) is 12.6. The molecule has 0 bridgehead atoms. The van der Waals surface area contributed by atoms with Gasteiger partial charge >= 0.3 is 0 Å². The first-order valence-electron chi connectivity index (χ1n) is 9.74. The summed E-state index contributed by atoms with van der Waals surface area (Å²) in [6.45, 7) is 2.50. The molecule has 0 saturated carbocycles. The van der Waals surface area contributed by atoms with Crippen molar-refractivity contribution in [1.82, 2.24) is 5.32 Å². The van der Waals surface area contributed by atoms with Crippen LogP contribution in [0.4, 0.5) is 8.78 Å². The molecule has 2 N–H and O–H groups in total. The molecule has 4 nitrogen and oxygen atoms in total. The van der Waals surface area contributed by atoms with Crippen LogP contribution in [0, 0.1) is 17.8 Å². The third-order valence-electron chi connectivity index (χ3n) is 4.88. The van der Waals surface area contributed by atoms with Gasteiger partial charge in [0.2, 0.25) is 0 Å². The molecular weight excluding hydrogens is 388 g/mol. The number of rotatable bonds is 8. The zero-order chi connectivity index (χ0) is 22.1. The van der Waals surface area contributed by atoms with Crippen molar-refractivity contribution in [3.05, 3.63) is 71.3 Å². The van der Waals surface area contributed by atoms with E-state index in [1.165, 1.54) is 0 Å². The molecule has 2 rings (SSSR count). The van der Waals surface area contributed by atoms with E-state index in [4.69, 9.17) is 0 Å². The standard InChI is InChI=1S/C24H25F2NO3/c1-3-21(28)20(24(2,30)23(25)26)15-16-27-22(29)19-13-11-18(12-14-19)10-9-17-7-5-4-6-8-17/h4-8,11-14,20,23,30H,3,15-16H2,1-2H3,(H,27,29). The van der Waals surface area contributed by atoms with Crippen molar-refractivity contribution in [3.63, 3.8) is 0 Å². The van der Waals surface area contributed by atoms with Gasteiger partial charge in [0.15, 0.2) is 0 Å². The van der Waals surface area contributed by atoms with Gasteiger partial charge in [0.25, 0.3) is 12.3 Å². The zero-order valence-electron chi connectivity index (χ0n) is 17.0. The number of hydrogen-bond acceptors (Lipinski definition) is 3. The van der Waals surface area contributed by atoms with E-state index in [0.717, 1.165) is 18.1 Å². The van der Waals surface area contributed by atoms with E-state index < -0.39 is 29.6 Å². The van der Waals surface area contributed by atoms with E-state index in [1.54, 1.807) is 31.2 Å². The van der Waals surface area contributed by atoms with Gasteiger partial charge in [-0.05, 0) is 49.7 Å². The quantitative estimate of drug-likeness (QED) is 0.647. The molecule has 0 aliphatic heterocycles. The van der Waals surface area contributed by atoms with E-state index in [1.807, 2.05) is 30.3 Å². The molecule has 0 heterocycles. The molecule has 2 atom stereocenters. The normalized spacial score (nSPS) is 13.7. The van der Waals surface area contributed by atoms with Crippen LogP contribution in [0.25, 0.3) is 0 Å². The smallest absolute Gasteiger partial charge is 0.267 e. The maximum Gasteiger partial charge on any atom is 0.267 e. The van der Waals surface area contributed by atoms with Crippen LogP contribution in [-0.4, -0.2) is 35.4 Å². The van der Waals surface area contributed by atoms with Gasteiger partial charge in [-0.2, -0.15) is 0 Å². The minimum Gasteiger partial charge on any atom is -0.383 e. The maximum atomic E-state index is 13.1. The van der Waals surface area contributed by atoms with Gasteiger partial charge in [-0.1, -0.05) is 37.0 Å². The Morgan fingerprint density at radius 1 is 1.03 bits per heavy atom. The van der Waals surface area contributed by atoms with Crippen molar-refractivity contribution in [1.29, 1.82) is 0 Å². The third kappa shape index (κ3) is 6.23. The van der Waals surface area contributed by atoms with Gasteiger partial charge in [-0.3, -0.25) is 9.59 Å². The number of alkyl halides is 2. The Balaban J connectivity index is 1.96. The second-order valence-corrected chi connectivity index (χ2v) is 7.14. The average molecular weight is 413 g/mol. The molecule has 30 heavy (non-hydrogen) atoms. The molecular formula is C24H25F2NO3. The van der Waals surface area contributed by atoms with Crippen LogP contribution < -0.4 is 5.32 Å². The highest BCUT2D eigenvalue weighted by Gasteiger charge is 2.43. The highest BCUT2D eigenvalue weighted by molar-refractivity contribution is 5.94. The molecule has 2 unspecified atom stereocenters. The second-order valence-electron chi connectivity index (χ2n) is 7.14. The molecule has 0 spiro atoms. The Bertz CT molecular complexity index is 913.